The topological polar surface area (TPSA) is 35.3 Å². The molecule has 0 N–H and O–H groups in total. The Balaban J connectivity index is 1.50. The normalized spacial score (nSPS) is 12.4. The van der Waals surface area contributed by atoms with Crippen LogP contribution in [0.15, 0.2) is 114 Å². The summed E-state index contributed by atoms with van der Waals surface area (Å²) in [5, 5.41) is 2.11. The summed E-state index contributed by atoms with van der Waals surface area (Å²) < 4.78 is 12.9. The number of pyridine rings is 1. The third-order valence-electron chi connectivity index (χ3n) is 6.46. The van der Waals surface area contributed by atoms with Crippen LogP contribution in [0.3, 0.4) is 0 Å². The van der Waals surface area contributed by atoms with Gasteiger partial charge in [-0.3, -0.25) is 4.98 Å². The van der Waals surface area contributed by atoms with Gasteiger partial charge in [-0.1, -0.05) is 72.2 Å². The molecule has 6 aromatic rings. The lowest BCUT2D eigenvalue weighted by Gasteiger charge is -2.26. The second-order valence-corrected chi connectivity index (χ2v) is 8.37. The van der Waals surface area contributed by atoms with E-state index in [4.69, 9.17) is 9.15 Å². The molecule has 0 saturated carbocycles. The number of nitrogens with zero attached hydrogens (tertiary/aromatic N) is 1. The highest BCUT2D eigenvalue weighted by Gasteiger charge is 2.33. The Hall–Kier alpha value is -4.31. The number of furan rings is 1. The third kappa shape index (κ3) is 2.81. The standard InChI is InChI=1S/C29H18BNO2/c1-2-9-19(10-3-1)30-23-13-4-5-15-26(23)32-28-17-22-20-11-8-12-21(25-14-6-7-16-31-25)29(20)33-27(22)18-24(28)30/h1-18H. The number of benzene rings is 4. The predicted octanol–water partition coefficient (Wildman–Crippen LogP) is 5.27. The first-order valence-corrected chi connectivity index (χ1v) is 11.1. The third-order valence-corrected chi connectivity index (χ3v) is 6.46. The van der Waals surface area contributed by atoms with Crippen LogP contribution in [0.4, 0.5) is 0 Å². The Labute approximate surface area is 191 Å². The predicted molar refractivity (Wildman–Crippen MR) is 135 cm³/mol. The van der Waals surface area contributed by atoms with Crippen LogP contribution in [-0.2, 0) is 0 Å². The first kappa shape index (κ1) is 18.3. The van der Waals surface area contributed by atoms with Gasteiger partial charge >= 0.3 is 0 Å². The molecule has 0 radical (unpaired) electrons. The summed E-state index contributed by atoms with van der Waals surface area (Å²) in [4.78, 5) is 4.54. The van der Waals surface area contributed by atoms with Crippen molar-refractivity contribution in [3.8, 4) is 22.8 Å². The van der Waals surface area contributed by atoms with E-state index in [9.17, 15) is 0 Å². The van der Waals surface area contributed by atoms with Crippen LogP contribution in [-0.4, -0.2) is 11.7 Å². The van der Waals surface area contributed by atoms with Crippen molar-refractivity contribution in [2.75, 3.05) is 0 Å². The minimum absolute atomic E-state index is 0.0824. The van der Waals surface area contributed by atoms with E-state index in [2.05, 4.69) is 77.8 Å². The SMILES string of the molecule is c1ccc(B2c3ccccc3Oc3cc4c(cc32)oc2c(-c3ccccn3)cccc24)cc1. The Morgan fingerprint density at radius 1 is 0.636 bits per heavy atom. The molecule has 0 aliphatic carbocycles. The van der Waals surface area contributed by atoms with Crippen LogP contribution in [0.2, 0.25) is 0 Å². The molecule has 3 nitrogen and oxygen atoms in total. The van der Waals surface area contributed by atoms with E-state index in [-0.39, 0.29) is 6.71 Å². The summed E-state index contributed by atoms with van der Waals surface area (Å²) in [5.74, 6) is 1.78. The van der Waals surface area contributed by atoms with Crippen molar-refractivity contribution >= 4 is 45.0 Å². The minimum atomic E-state index is 0.0824. The first-order valence-electron chi connectivity index (χ1n) is 11.1. The van der Waals surface area contributed by atoms with Gasteiger partial charge in [-0.05, 0) is 47.3 Å². The quantitative estimate of drug-likeness (QED) is 0.356. The van der Waals surface area contributed by atoms with Crippen molar-refractivity contribution in [2.45, 2.75) is 0 Å². The van der Waals surface area contributed by atoms with Gasteiger partial charge in [-0.15, -0.1) is 0 Å². The van der Waals surface area contributed by atoms with Crippen molar-refractivity contribution in [2.24, 2.45) is 0 Å². The van der Waals surface area contributed by atoms with E-state index < -0.39 is 0 Å². The van der Waals surface area contributed by atoms with E-state index in [1.807, 2.05) is 36.5 Å². The Bertz CT molecular complexity index is 1640. The highest BCUT2D eigenvalue weighted by molar-refractivity contribution is 6.97. The highest BCUT2D eigenvalue weighted by atomic mass is 16.5. The zero-order valence-electron chi connectivity index (χ0n) is 17.7. The zero-order valence-corrected chi connectivity index (χ0v) is 17.7. The van der Waals surface area contributed by atoms with Crippen molar-refractivity contribution in [1.29, 1.82) is 0 Å². The van der Waals surface area contributed by atoms with E-state index in [0.29, 0.717) is 0 Å². The number of fused-ring (bicyclic) bond motifs is 5. The van der Waals surface area contributed by atoms with Gasteiger partial charge in [0.1, 0.15) is 22.7 Å². The molecule has 0 saturated heterocycles. The fourth-order valence-electron chi connectivity index (χ4n) is 4.98. The number of hydrogen-bond donors (Lipinski definition) is 0. The largest absolute Gasteiger partial charge is 0.458 e. The van der Waals surface area contributed by atoms with Gasteiger partial charge in [-0.25, -0.2) is 0 Å². The molecular weight excluding hydrogens is 405 g/mol. The fourth-order valence-corrected chi connectivity index (χ4v) is 4.98. The van der Waals surface area contributed by atoms with Crippen LogP contribution in [0, 0.1) is 0 Å². The maximum atomic E-state index is 6.48. The molecule has 0 spiro atoms. The maximum absolute atomic E-state index is 6.48. The summed E-state index contributed by atoms with van der Waals surface area (Å²) in [6.45, 7) is 0.0824. The van der Waals surface area contributed by atoms with Crippen LogP contribution >= 0.6 is 0 Å². The smallest absolute Gasteiger partial charge is 0.251 e. The number of ether oxygens (including phenoxy) is 1. The molecule has 0 fully saturated rings. The van der Waals surface area contributed by atoms with Gasteiger partial charge in [0, 0.05) is 22.5 Å². The van der Waals surface area contributed by atoms with E-state index in [1.54, 1.807) is 0 Å². The molecule has 2 aromatic heterocycles. The Kier molecular flexibility index (Phi) is 3.94. The average molecular weight is 423 g/mol. The molecule has 1 aliphatic heterocycles. The van der Waals surface area contributed by atoms with Crippen molar-refractivity contribution in [3.05, 3.63) is 109 Å². The number of para-hydroxylation sites is 2. The van der Waals surface area contributed by atoms with Gasteiger partial charge in [0.15, 0.2) is 0 Å². The monoisotopic (exact) mass is 423 g/mol. The molecule has 0 atom stereocenters. The minimum Gasteiger partial charge on any atom is -0.458 e. The van der Waals surface area contributed by atoms with Crippen molar-refractivity contribution in [1.82, 2.24) is 4.98 Å². The summed E-state index contributed by atoms with van der Waals surface area (Å²) in [7, 11) is 0. The molecule has 0 amide bonds. The van der Waals surface area contributed by atoms with E-state index in [0.717, 1.165) is 50.2 Å². The summed E-state index contributed by atoms with van der Waals surface area (Å²) in [5.41, 5.74) is 7.12. The van der Waals surface area contributed by atoms with Gasteiger partial charge in [0.05, 0.1) is 5.69 Å². The second kappa shape index (κ2) is 7.11. The van der Waals surface area contributed by atoms with Crippen LogP contribution in [0.1, 0.15) is 0 Å². The van der Waals surface area contributed by atoms with Gasteiger partial charge in [-0.2, -0.15) is 0 Å². The molecule has 1 aliphatic rings. The molecule has 7 rings (SSSR count). The highest BCUT2D eigenvalue weighted by Crippen LogP contribution is 2.37. The lowest BCUT2D eigenvalue weighted by molar-refractivity contribution is 0.488. The van der Waals surface area contributed by atoms with Crippen molar-refractivity contribution < 1.29 is 9.15 Å². The molecule has 3 heterocycles. The zero-order chi connectivity index (χ0) is 21.8. The summed E-state index contributed by atoms with van der Waals surface area (Å²) in [6, 6.07) is 35.3. The number of aromatic nitrogens is 1. The summed E-state index contributed by atoms with van der Waals surface area (Å²) in [6.07, 6.45) is 1.81. The summed E-state index contributed by atoms with van der Waals surface area (Å²) >= 11 is 0. The number of rotatable bonds is 2. The Morgan fingerprint density at radius 2 is 1.48 bits per heavy atom. The van der Waals surface area contributed by atoms with Crippen molar-refractivity contribution in [3.63, 3.8) is 0 Å². The van der Waals surface area contributed by atoms with Crippen LogP contribution in [0.5, 0.6) is 11.5 Å². The Morgan fingerprint density at radius 3 is 2.36 bits per heavy atom. The second-order valence-electron chi connectivity index (χ2n) is 8.37. The number of hydrogen-bond acceptors (Lipinski definition) is 3. The molecule has 4 aromatic carbocycles. The lowest BCUT2D eigenvalue weighted by Crippen LogP contribution is -2.54. The van der Waals surface area contributed by atoms with Crippen LogP contribution in [0.25, 0.3) is 33.2 Å². The maximum Gasteiger partial charge on any atom is 0.251 e. The molecule has 0 bridgehead atoms. The molecular formula is C29H18BNO2. The molecule has 0 unspecified atom stereocenters. The first-order chi connectivity index (χ1) is 16.4. The van der Waals surface area contributed by atoms with Gasteiger partial charge in [0.2, 0.25) is 0 Å². The van der Waals surface area contributed by atoms with Gasteiger partial charge in [0.25, 0.3) is 6.71 Å². The average Bonchev–Trinajstić information content (AvgIpc) is 3.24. The van der Waals surface area contributed by atoms with E-state index in [1.165, 1.54) is 10.9 Å². The molecule has 154 valence electrons. The van der Waals surface area contributed by atoms with E-state index >= 15 is 0 Å². The molecule has 4 heteroatoms. The molecule has 33 heavy (non-hydrogen) atoms. The fraction of sp³-hybridized carbons (Fsp3) is 0. The lowest BCUT2D eigenvalue weighted by atomic mass is 9.36. The van der Waals surface area contributed by atoms with Crippen LogP contribution < -0.4 is 21.1 Å². The van der Waals surface area contributed by atoms with Gasteiger partial charge < -0.3 is 9.15 Å².